The molecule has 1 fully saturated rings. The van der Waals surface area contributed by atoms with E-state index in [0.29, 0.717) is 10.0 Å². The number of amides is 2. The van der Waals surface area contributed by atoms with E-state index in [0.717, 1.165) is 0 Å². The normalized spacial score (nSPS) is 22.5. The van der Waals surface area contributed by atoms with Crippen molar-refractivity contribution in [3.8, 4) is 0 Å². The topological polar surface area (TPSA) is 89.3 Å². The van der Waals surface area contributed by atoms with E-state index in [9.17, 15) is 19.7 Å². The molecule has 1 saturated heterocycles. The predicted octanol–water partition coefficient (Wildman–Crippen LogP) is 2.17. The Labute approximate surface area is 125 Å². The summed E-state index contributed by atoms with van der Waals surface area (Å²) in [5.41, 5.74) is 0.727. The quantitative estimate of drug-likeness (QED) is 0.362. The van der Waals surface area contributed by atoms with Crippen LogP contribution in [0.2, 0.25) is 0 Å². The summed E-state index contributed by atoms with van der Waals surface area (Å²) in [7, 11) is 0. The van der Waals surface area contributed by atoms with E-state index in [1.807, 2.05) is 0 Å². The molecule has 2 rings (SSSR count). The van der Waals surface area contributed by atoms with Gasteiger partial charge in [-0.1, -0.05) is 31.9 Å². The summed E-state index contributed by atoms with van der Waals surface area (Å²) < 4.78 is 0.443. The van der Waals surface area contributed by atoms with Gasteiger partial charge in [-0.25, -0.2) is 0 Å². The maximum absolute atomic E-state index is 11.8. The van der Waals surface area contributed by atoms with Crippen molar-refractivity contribution in [1.82, 2.24) is 5.32 Å². The number of nitro groups is 1. The number of nitrogens with zero attached hydrogens (tertiary/aromatic N) is 1. The van der Waals surface area contributed by atoms with Crippen LogP contribution < -0.4 is 5.32 Å². The van der Waals surface area contributed by atoms with Crippen molar-refractivity contribution in [2.24, 2.45) is 0 Å². The molecule has 1 aromatic rings. The molecule has 2 unspecified atom stereocenters. The molecular weight excluding hydrogens is 384 g/mol. The Bertz CT molecular complexity index is 603. The average Bonchev–Trinajstić information content (AvgIpc) is 2.53. The molecule has 1 aliphatic heterocycles. The van der Waals surface area contributed by atoms with Crippen molar-refractivity contribution in [3.63, 3.8) is 0 Å². The highest BCUT2D eigenvalue weighted by molar-refractivity contribution is 9.10. The first kappa shape index (κ1) is 14.1. The van der Waals surface area contributed by atoms with Crippen LogP contribution >= 0.6 is 31.9 Å². The van der Waals surface area contributed by atoms with E-state index < -0.39 is 27.5 Å². The highest BCUT2D eigenvalue weighted by atomic mass is 79.9. The van der Waals surface area contributed by atoms with Crippen LogP contribution in [-0.2, 0) is 9.59 Å². The van der Waals surface area contributed by atoms with Crippen molar-refractivity contribution >= 4 is 49.4 Å². The zero-order valence-electron chi connectivity index (χ0n) is 9.65. The van der Waals surface area contributed by atoms with E-state index in [1.165, 1.54) is 6.07 Å². The number of halogens is 2. The highest BCUT2D eigenvalue weighted by Gasteiger charge is 2.45. The molecule has 2 atom stereocenters. The van der Waals surface area contributed by atoms with Gasteiger partial charge in [-0.15, -0.1) is 0 Å². The summed E-state index contributed by atoms with van der Waals surface area (Å²) in [5.74, 6) is -1.95. The molecule has 100 valence electrons. The number of carbonyl (C=O) groups excluding carboxylic acids is 2. The Kier molecular flexibility index (Phi) is 3.73. The summed E-state index contributed by atoms with van der Waals surface area (Å²) in [6.07, 6.45) is 0. The molecule has 0 spiro atoms. The minimum absolute atomic E-state index is 0.175. The smallest absolute Gasteiger partial charge is 0.274 e. The molecule has 2 amide bonds. The van der Waals surface area contributed by atoms with Crippen molar-refractivity contribution in [3.05, 3.63) is 37.8 Å². The van der Waals surface area contributed by atoms with Gasteiger partial charge in [-0.3, -0.25) is 25.0 Å². The maximum Gasteiger partial charge on any atom is 0.274 e. The zero-order valence-corrected chi connectivity index (χ0v) is 12.8. The Morgan fingerprint density at radius 2 is 1.95 bits per heavy atom. The molecule has 0 bridgehead atoms. The minimum atomic E-state index is -0.914. The Balaban J connectivity index is 2.65. The lowest BCUT2D eigenvalue weighted by Crippen LogP contribution is -2.22. The van der Waals surface area contributed by atoms with Gasteiger partial charge < -0.3 is 0 Å². The van der Waals surface area contributed by atoms with Crippen molar-refractivity contribution < 1.29 is 14.5 Å². The van der Waals surface area contributed by atoms with E-state index in [4.69, 9.17) is 0 Å². The third kappa shape index (κ3) is 2.42. The van der Waals surface area contributed by atoms with Gasteiger partial charge in [-0.05, 0) is 18.6 Å². The summed E-state index contributed by atoms with van der Waals surface area (Å²) in [6, 6.07) is 3.06. The van der Waals surface area contributed by atoms with E-state index in [-0.39, 0.29) is 11.3 Å². The van der Waals surface area contributed by atoms with Gasteiger partial charge in [0.05, 0.1) is 16.4 Å². The molecule has 19 heavy (non-hydrogen) atoms. The second-order valence-corrected chi connectivity index (χ2v) is 6.01. The third-order valence-corrected chi connectivity index (χ3v) is 4.43. The van der Waals surface area contributed by atoms with Gasteiger partial charge >= 0.3 is 0 Å². The first-order valence-electron chi connectivity index (χ1n) is 5.26. The van der Waals surface area contributed by atoms with Crippen LogP contribution in [0, 0.1) is 17.0 Å². The van der Waals surface area contributed by atoms with Crippen LogP contribution in [-0.4, -0.2) is 21.6 Å². The average molecular weight is 392 g/mol. The van der Waals surface area contributed by atoms with E-state index >= 15 is 0 Å². The molecule has 0 saturated carbocycles. The second kappa shape index (κ2) is 5.01. The number of carbonyl (C=O) groups is 2. The standard InChI is InChI=1S/C11H8Br2N2O4/c1-4-2-5(12)7(6(3-4)15(18)19)8-9(13)11(17)14-10(8)16/h2-3,8-9H,1H3,(H,14,16,17). The van der Waals surface area contributed by atoms with Gasteiger partial charge in [0.2, 0.25) is 11.8 Å². The number of hydrogen-bond acceptors (Lipinski definition) is 4. The van der Waals surface area contributed by atoms with E-state index in [2.05, 4.69) is 37.2 Å². The number of alkyl halides is 1. The van der Waals surface area contributed by atoms with Crippen LogP contribution in [0.15, 0.2) is 16.6 Å². The van der Waals surface area contributed by atoms with E-state index in [1.54, 1.807) is 13.0 Å². The zero-order chi connectivity index (χ0) is 14.3. The number of nitro benzene ring substituents is 1. The number of hydrogen-bond donors (Lipinski definition) is 1. The van der Waals surface area contributed by atoms with Crippen LogP contribution in [0.4, 0.5) is 5.69 Å². The summed E-state index contributed by atoms with van der Waals surface area (Å²) in [5, 5.41) is 13.3. The van der Waals surface area contributed by atoms with Gasteiger partial charge in [0.1, 0.15) is 4.83 Å². The van der Waals surface area contributed by atoms with Gasteiger partial charge in [0.15, 0.2) is 0 Å². The molecule has 1 aromatic carbocycles. The highest BCUT2D eigenvalue weighted by Crippen LogP contribution is 2.40. The molecule has 0 aromatic heterocycles. The predicted molar refractivity (Wildman–Crippen MR) is 74.1 cm³/mol. The fraction of sp³-hybridized carbons (Fsp3) is 0.273. The molecule has 1 heterocycles. The number of aryl methyl sites for hydroxylation is 1. The number of nitrogens with one attached hydrogen (secondary N) is 1. The molecule has 1 aliphatic rings. The maximum atomic E-state index is 11.8. The Morgan fingerprint density at radius 1 is 1.32 bits per heavy atom. The SMILES string of the molecule is Cc1cc(Br)c(C2C(=O)NC(=O)C2Br)c([N+](=O)[O-])c1. The molecule has 0 aliphatic carbocycles. The summed E-state index contributed by atoms with van der Waals surface area (Å²) in [6.45, 7) is 1.72. The van der Waals surface area contributed by atoms with Crippen molar-refractivity contribution in [2.45, 2.75) is 17.7 Å². The number of benzene rings is 1. The molecule has 1 N–H and O–H groups in total. The molecule has 8 heteroatoms. The van der Waals surface area contributed by atoms with Gasteiger partial charge in [-0.2, -0.15) is 0 Å². The first-order valence-corrected chi connectivity index (χ1v) is 6.97. The fourth-order valence-corrected chi connectivity index (χ4v) is 3.45. The Hall–Kier alpha value is -1.28. The van der Waals surface area contributed by atoms with Crippen LogP contribution in [0.1, 0.15) is 17.0 Å². The van der Waals surface area contributed by atoms with Crippen molar-refractivity contribution in [2.75, 3.05) is 0 Å². The van der Waals surface area contributed by atoms with Crippen molar-refractivity contribution in [1.29, 1.82) is 0 Å². The van der Waals surface area contributed by atoms with Gasteiger partial charge in [0.25, 0.3) is 5.69 Å². The second-order valence-electron chi connectivity index (χ2n) is 4.17. The number of rotatable bonds is 2. The van der Waals surface area contributed by atoms with Crippen LogP contribution in [0.3, 0.4) is 0 Å². The van der Waals surface area contributed by atoms with Gasteiger partial charge in [0, 0.05) is 10.5 Å². The lowest BCUT2D eigenvalue weighted by molar-refractivity contribution is -0.385. The molecular formula is C11H8Br2N2O4. The minimum Gasteiger partial charge on any atom is -0.295 e. The lowest BCUT2D eigenvalue weighted by Gasteiger charge is -2.13. The largest absolute Gasteiger partial charge is 0.295 e. The molecule has 6 nitrogen and oxygen atoms in total. The number of imide groups is 1. The summed E-state index contributed by atoms with van der Waals surface area (Å²) >= 11 is 6.34. The monoisotopic (exact) mass is 390 g/mol. The van der Waals surface area contributed by atoms with Crippen LogP contribution in [0.5, 0.6) is 0 Å². The summed E-state index contributed by atoms with van der Waals surface area (Å²) in [4.78, 5) is 33.0. The Morgan fingerprint density at radius 3 is 2.42 bits per heavy atom. The molecule has 0 radical (unpaired) electrons. The van der Waals surface area contributed by atoms with Crippen LogP contribution in [0.25, 0.3) is 0 Å². The third-order valence-electron chi connectivity index (χ3n) is 2.83. The fourth-order valence-electron chi connectivity index (χ4n) is 2.02. The first-order chi connectivity index (χ1) is 8.82. The lowest BCUT2D eigenvalue weighted by atomic mass is 9.94.